The number of benzene rings is 1. The molecule has 2 N–H and O–H groups in total. The van der Waals surface area contributed by atoms with E-state index in [4.69, 9.17) is 28.3 Å². The Labute approximate surface area is 128 Å². The third kappa shape index (κ3) is 3.72. The third-order valence-corrected chi connectivity index (χ3v) is 3.93. The maximum Gasteiger partial charge on any atom is 0.307 e. The summed E-state index contributed by atoms with van der Waals surface area (Å²) in [5, 5.41) is 11.4. The summed E-state index contributed by atoms with van der Waals surface area (Å²) >= 11 is 12.8. The van der Waals surface area contributed by atoms with Crippen LogP contribution in [-0.4, -0.2) is 17.0 Å². The van der Waals surface area contributed by atoms with E-state index in [1.807, 2.05) is 0 Å². The van der Waals surface area contributed by atoms with Gasteiger partial charge in [-0.2, -0.15) is 0 Å². The lowest BCUT2D eigenvalue weighted by Crippen LogP contribution is -2.11. The van der Waals surface area contributed by atoms with Crippen LogP contribution in [0.25, 0.3) is 0 Å². The highest BCUT2D eigenvalue weighted by Gasteiger charge is 2.14. The fourth-order valence-corrected chi connectivity index (χ4v) is 3.09. The second-order valence-corrected chi connectivity index (χ2v) is 6.25. The minimum absolute atomic E-state index is 0.102. The molecule has 0 atom stereocenters. The van der Waals surface area contributed by atoms with E-state index in [0.717, 1.165) is 11.3 Å². The molecule has 2 rings (SSSR count). The lowest BCUT2D eigenvalue weighted by atomic mass is 10.1. The quantitative estimate of drug-likeness (QED) is 0.892. The lowest BCUT2D eigenvalue weighted by Gasteiger charge is -2.06. The highest BCUT2D eigenvalue weighted by molar-refractivity contribution is 7.20. The first-order valence-electron chi connectivity index (χ1n) is 5.52. The Morgan fingerprint density at radius 1 is 1.25 bits per heavy atom. The summed E-state index contributed by atoms with van der Waals surface area (Å²) in [6, 6.07) is 8.12. The van der Waals surface area contributed by atoms with E-state index >= 15 is 0 Å². The Balaban J connectivity index is 2.15. The van der Waals surface area contributed by atoms with Gasteiger partial charge in [0.15, 0.2) is 0 Å². The van der Waals surface area contributed by atoms with Gasteiger partial charge in [-0.05, 0) is 23.8 Å². The van der Waals surface area contributed by atoms with Crippen LogP contribution in [0.5, 0.6) is 0 Å². The van der Waals surface area contributed by atoms with Crippen molar-refractivity contribution < 1.29 is 14.7 Å². The molecule has 1 aromatic carbocycles. The van der Waals surface area contributed by atoms with Gasteiger partial charge < -0.3 is 10.4 Å². The zero-order valence-electron chi connectivity index (χ0n) is 10.0. The summed E-state index contributed by atoms with van der Waals surface area (Å²) in [6.07, 6.45) is -0.102. The van der Waals surface area contributed by atoms with Crippen molar-refractivity contribution in [1.29, 1.82) is 0 Å². The molecule has 4 nitrogen and oxygen atoms in total. The molecule has 1 aromatic heterocycles. The van der Waals surface area contributed by atoms with E-state index in [2.05, 4.69) is 5.32 Å². The van der Waals surface area contributed by atoms with E-state index < -0.39 is 5.97 Å². The molecular weight excluding hydrogens is 321 g/mol. The van der Waals surface area contributed by atoms with Crippen LogP contribution in [0.1, 0.15) is 15.9 Å². The van der Waals surface area contributed by atoms with Gasteiger partial charge in [0.25, 0.3) is 5.91 Å². The fraction of sp³-hybridized carbons (Fsp3) is 0.0769. The van der Waals surface area contributed by atoms with Crippen molar-refractivity contribution in [2.24, 2.45) is 0 Å². The van der Waals surface area contributed by atoms with Gasteiger partial charge in [-0.15, -0.1) is 11.3 Å². The number of aliphatic carboxylic acids is 1. The summed E-state index contributed by atoms with van der Waals surface area (Å²) in [5.41, 5.74) is 1.40. The van der Waals surface area contributed by atoms with Crippen molar-refractivity contribution in [2.75, 3.05) is 5.32 Å². The standard InChI is InChI=1S/C13H9Cl2NO3S/c14-10-6-9(12(15)20-10)13(19)16-8-3-1-2-7(4-8)5-11(17)18/h1-4,6H,5H2,(H,16,19)(H,17,18). The van der Waals surface area contributed by atoms with Crippen LogP contribution >= 0.6 is 34.5 Å². The van der Waals surface area contributed by atoms with Gasteiger partial charge in [0.05, 0.1) is 16.3 Å². The number of nitrogens with one attached hydrogen (secondary N) is 1. The largest absolute Gasteiger partial charge is 0.481 e. The van der Waals surface area contributed by atoms with Gasteiger partial charge in [-0.25, -0.2) is 0 Å². The van der Waals surface area contributed by atoms with E-state index in [9.17, 15) is 9.59 Å². The Hall–Kier alpha value is -1.56. The van der Waals surface area contributed by atoms with Crippen molar-refractivity contribution in [1.82, 2.24) is 0 Å². The second kappa shape index (κ2) is 6.26. The first-order valence-corrected chi connectivity index (χ1v) is 7.10. The number of carboxylic acid groups (broad SMARTS) is 1. The molecule has 0 fully saturated rings. The van der Waals surface area contributed by atoms with E-state index in [0.29, 0.717) is 25.5 Å². The molecule has 1 heterocycles. The number of halogens is 2. The Morgan fingerprint density at radius 3 is 2.60 bits per heavy atom. The molecule has 1 amide bonds. The zero-order chi connectivity index (χ0) is 14.7. The summed E-state index contributed by atoms with van der Waals surface area (Å²) < 4.78 is 0.744. The lowest BCUT2D eigenvalue weighted by molar-refractivity contribution is -0.136. The molecule has 0 aliphatic heterocycles. The molecular formula is C13H9Cl2NO3S. The van der Waals surface area contributed by atoms with E-state index in [1.54, 1.807) is 24.3 Å². The van der Waals surface area contributed by atoms with Crippen LogP contribution < -0.4 is 5.32 Å². The number of hydrogen-bond acceptors (Lipinski definition) is 3. The highest BCUT2D eigenvalue weighted by atomic mass is 35.5. The van der Waals surface area contributed by atoms with Crippen molar-refractivity contribution in [3.05, 3.63) is 50.1 Å². The Bertz CT molecular complexity index is 669. The molecule has 2 aromatic rings. The number of carboxylic acids is 1. The van der Waals surface area contributed by atoms with Crippen LogP contribution in [0, 0.1) is 0 Å². The van der Waals surface area contributed by atoms with Crippen LogP contribution in [0.3, 0.4) is 0 Å². The molecule has 0 aliphatic carbocycles. The van der Waals surface area contributed by atoms with Crippen molar-refractivity contribution in [3.63, 3.8) is 0 Å². The average molecular weight is 330 g/mol. The molecule has 0 aliphatic rings. The van der Waals surface area contributed by atoms with Crippen LogP contribution in [0.15, 0.2) is 30.3 Å². The molecule has 0 unspecified atom stereocenters. The summed E-state index contributed by atoms with van der Waals surface area (Å²) in [5.74, 6) is -1.31. The predicted octanol–water partition coefficient (Wildman–Crippen LogP) is 3.93. The van der Waals surface area contributed by atoms with Gasteiger partial charge in [-0.1, -0.05) is 35.3 Å². The molecule has 0 radical (unpaired) electrons. The summed E-state index contributed by atoms with van der Waals surface area (Å²) in [6.45, 7) is 0. The van der Waals surface area contributed by atoms with Crippen LogP contribution in [0.2, 0.25) is 8.67 Å². The highest BCUT2D eigenvalue weighted by Crippen LogP contribution is 2.31. The predicted molar refractivity (Wildman–Crippen MR) is 80.1 cm³/mol. The monoisotopic (exact) mass is 329 g/mol. The maximum absolute atomic E-state index is 12.0. The number of rotatable bonds is 4. The number of amides is 1. The molecule has 20 heavy (non-hydrogen) atoms. The zero-order valence-corrected chi connectivity index (χ0v) is 12.4. The topological polar surface area (TPSA) is 66.4 Å². The van der Waals surface area contributed by atoms with Gasteiger partial charge >= 0.3 is 5.97 Å². The molecule has 0 saturated carbocycles. The smallest absolute Gasteiger partial charge is 0.307 e. The normalized spacial score (nSPS) is 10.3. The first-order chi connectivity index (χ1) is 9.45. The summed E-state index contributed by atoms with van der Waals surface area (Å²) in [4.78, 5) is 22.7. The Morgan fingerprint density at radius 2 is 2.00 bits per heavy atom. The van der Waals surface area contributed by atoms with Gasteiger partial charge in [-0.3, -0.25) is 9.59 Å². The maximum atomic E-state index is 12.0. The third-order valence-electron chi connectivity index (χ3n) is 2.44. The minimum atomic E-state index is -0.930. The van der Waals surface area contributed by atoms with Gasteiger partial charge in [0.2, 0.25) is 0 Å². The van der Waals surface area contributed by atoms with Crippen LogP contribution in [0.4, 0.5) is 5.69 Å². The van der Waals surface area contributed by atoms with Crippen molar-refractivity contribution in [2.45, 2.75) is 6.42 Å². The molecule has 0 saturated heterocycles. The van der Waals surface area contributed by atoms with E-state index in [-0.39, 0.29) is 12.3 Å². The Kier molecular flexibility index (Phi) is 4.65. The number of thiophene rings is 1. The van der Waals surface area contributed by atoms with Gasteiger partial charge in [0.1, 0.15) is 4.34 Å². The molecule has 0 spiro atoms. The SMILES string of the molecule is O=C(O)Cc1cccc(NC(=O)c2cc(Cl)sc2Cl)c1. The van der Waals surface area contributed by atoms with Crippen molar-refractivity contribution in [3.8, 4) is 0 Å². The number of hydrogen-bond donors (Lipinski definition) is 2. The van der Waals surface area contributed by atoms with Gasteiger partial charge in [0, 0.05) is 5.69 Å². The molecule has 104 valence electrons. The minimum Gasteiger partial charge on any atom is -0.481 e. The summed E-state index contributed by atoms with van der Waals surface area (Å²) in [7, 11) is 0. The average Bonchev–Trinajstić information content (AvgIpc) is 2.68. The molecule has 7 heteroatoms. The van der Waals surface area contributed by atoms with E-state index in [1.165, 1.54) is 6.07 Å². The first kappa shape index (κ1) is 14.8. The second-order valence-electron chi connectivity index (χ2n) is 3.96. The van der Waals surface area contributed by atoms with Crippen LogP contribution in [-0.2, 0) is 11.2 Å². The number of carbonyl (C=O) groups excluding carboxylic acids is 1. The number of carbonyl (C=O) groups is 2. The number of anilines is 1. The van der Waals surface area contributed by atoms with Crippen molar-refractivity contribution >= 4 is 52.1 Å². The molecule has 0 bridgehead atoms. The fourth-order valence-electron chi connectivity index (χ4n) is 1.63.